The predicted octanol–water partition coefficient (Wildman–Crippen LogP) is 3.53. The summed E-state index contributed by atoms with van der Waals surface area (Å²) in [5.41, 5.74) is 2.51. The Balaban J connectivity index is 1.48. The number of amides is 2. The lowest BCUT2D eigenvalue weighted by atomic mass is 9.99. The van der Waals surface area contributed by atoms with Crippen LogP contribution in [-0.2, 0) is 22.6 Å². The Hall–Kier alpha value is -2.34. The summed E-state index contributed by atoms with van der Waals surface area (Å²) in [5.74, 6) is 0.543. The monoisotopic (exact) mass is 401 g/mol. The number of rotatable bonds is 2. The zero-order valence-corrected chi connectivity index (χ0v) is 17.1. The van der Waals surface area contributed by atoms with Crippen LogP contribution in [0.3, 0.4) is 0 Å². The van der Waals surface area contributed by atoms with E-state index < -0.39 is 0 Å². The van der Waals surface area contributed by atoms with Gasteiger partial charge < -0.3 is 14.3 Å². The third-order valence-electron chi connectivity index (χ3n) is 5.54. The molecule has 1 aromatic carbocycles. The summed E-state index contributed by atoms with van der Waals surface area (Å²) in [7, 11) is 0. The van der Waals surface area contributed by atoms with Gasteiger partial charge in [0.25, 0.3) is 0 Å². The summed E-state index contributed by atoms with van der Waals surface area (Å²) in [6, 6.07) is 7.46. The Morgan fingerprint density at radius 1 is 1.25 bits per heavy atom. The van der Waals surface area contributed by atoms with Crippen LogP contribution in [0.1, 0.15) is 38.4 Å². The largest absolute Gasteiger partial charge is 0.356 e. The highest BCUT2D eigenvalue weighted by molar-refractivity contribution is 6.30. The minimum Gasteiger partial charge on any atom is -0.356 e. The maximum atomic E-state index is 13.0. The van der Waals surface area contributed by atoms with Gasteiger partial charge in [0, 0.05) is 41.2 Å². The Morgan fingerprint density at radius 3 is 2.61 bits per heavy atom. The quantitative estimate of drug-likeness (QED) is 0.772. The second-order valence-electron chi connectivity index (χ2n) is 8.53. The van der Waals surface area contributed by atoms with E-state index in [-0.39, 0.29) is 29.7 Å². The molecule has 1 aromatic heterocycles. The normalized spacial score (nSPS) is 19.9. The standard InChI is InChI=1S/C21H24ClN3O3/c1-21(2,3)25-11-14(10-18(25)26)20(27)24-9-8-16-17(12-24)23-28-19(16)13-4-6-15(22)7-5-13/h4-7,14H,8-12H2,1-3H3. The van der Waals surface area contributed by atoms with E-state index in [2.05, 4.69) is 5.16 Å². The number of nitrogens with zero attached hydrogens (tertiary/aromatic N) is 3. The van der Waals surface area contributed by atoms with E-state index in [0.717, 1.165) is 22.6 Å². The molecule has 3 heterocycles. The number of aromatic nitrogens is 1. The lowest BCUT2D eigenvalue weighted by Crippen LogP contribution is -2.44. The first kappa shape index (κ1) is 19.0. The molecule has 0 saturated carbocycles. The van der Waals surface area contributed by atoms with Crippen LogP contribution in [-0.4, -0.2) is 45.4 Å². The van der Waals surface area contributed by atoms with Gasteiger partial charge >= 0.3 is 0 Å². The van der Waals surface area contributed by atoms with E-state index in [9.17, 15) is 9.59 Å². The molecule has 0 N–H and O–H groups in total. The molecule has 4 rings (SSSR count). The van der Waals surface area contributed by atoms with E-state index in [0.29, 0.717) is 31.1 Å². The zero-order valence-electron chi connectivity index (χ0n) is 16.4. The van der Waals surface area contributed by atoms with Gasteiger partial charge in [0.05, 0.1) is 12.5 Å². The topological polar surface area (TPSA) is 66.7 Å². The Kier molecular flexibility index (Phi) is 4.70. The van der Waals surface area contributed by atoms with Crippen molar-refractivity contribution < 1.29 is 14.1 Å². The molecular weight excluding hydrogens is 378 g/mol. The maximum Gasteiger partial charge on any atom is 0.228 e. The average molecular weight is 402 g/mol. The van der Waals surface area contributed by atoms with Crippen molar-refractivity contribution in [3.63, 3.8) is 0 Å². The fraction of sp³-hybridized carbons (Fsp3) is 0.476. The molecule has 0 radical (unpaired) electrons. The first-order valence-corrected chi connectivity index (χ1v) is 9.94. The van der Waals surface area contributed by atoms with Crippen LogP contribution in [0.2, 0.25) is 5.02 Å². The highest BCUT2D eigenvalue weighted by Gasteiger charge is 2.41. The van der Waals surface area contributed by atoms with Crippen molar-refractivity contribution >= 4 is 23.4 Å². The van der Waals surface area contributed by atoms with Crippen molar-refractivity contribution in [2.75, 3.05) is 13.1 Å². The third kappa shape index (κ3) is 3.41. The van der Waals surface area contributed by atoms with E-state index in [1.807, 2.05) is 45.0 Å². The van der Waals surface area contributed by atoms with Crippen molar-refractivity contribution in [2.24, 2.45) is 5.92 Å². The minimum atomic E-state index is -0.282. The first-order chi connectivity index (χ1) is 13.2. The van der Waals surface area contributed by atoms with Crippen LogP contribution in [0, 0.1) is 5.92 Å². The molecule has 7 heteroatoms. The van der Waals surface area contributed by atoms with Crippen LogP contribution in [0.4, 0.5) is 0 Å². The van der Waals surface area contributed by atoms with E-state index in [4.69, 9.17) is 16.1 Å². The van der Waals surface area contributed by atoms with Gasteiger partial charge in [0.15, 0.2) is 5.76 Å². The number of hydrogen-bond donors (Lipinski definition) is 0. The van der Waals surface area contributed by atoms with E-state index in [1.54, 1.807) is 9.80 Å². The molecule has 0 aliphatic carbocycles. The number of fused-ring (bicyclic) bond motifs is 1. The fourth-order valence-corrected chi connectivity index (χ4v) is 4.15. The van der Waals surface area contributed by atoms with E-state index >= 15 is 0 Å². The molecule has 28 heavy (non-hydrogen) atoms. The molecule has 148 valence electrons. The van der Waals surface area contributed by atoms with Crippen molar-refractivity contribution in [1.82, 2.24) is 15.0 Å². The molecule has 2 aromatic rings. The van der Waals surface area contributed by atoms with Crippen LogP contribution in [0.25, 0.3) is 11.3 Å². The Morgan fingerprint density at radius 2 is 1.96 bits per heavy atom. The van der Waals surface area contributed by atoms with Crippen LogP contribution < -0.4 is 0 Å². The van der Waals surface area contributed by atoms with Crippen molar-refractivity contribution in [3.8, 4) is 11.3 Å². The highest BCUT2D eigenvalue weighted by atomic mass is 35.5. The summed E-state index contributed by atoms with van der Waals surface area (Å²) in [6.07, 6.45) is 0.973. The van der Waals surface area contributed by atoms with Gasteiger partial charge in [-0.15, -0.1) is 0 Å². The fourth-order valence-electron chi connectivity index (χ4n) is 4.03. The number of likely N-dealkylation sites (tertiary alicyclic amines) is 1. The summed E-state index contributed by atoms with van der Waals surface area (Å²) >= 11 is 5.96. The molecule has 1 atom stereocenters. The Bertz CT molecular complexity index is 914. The van der Waals surface area contributed by atoms with Gasteiger partial charge in [-0.3, -0.25) is 9.59 Å². The van der Waals surface area contributed by atoms with Crippen LogP contribution >= 0.6 is 11.6 Å². The molecule has 1 fully saturated rings. The second-order valence-corrected chi connectivity index (χ2v) is 8.97. The maximum absolute atomic E-state index is 13.0. The van der Waals surface area contributed by atoms with Crippen molar-refractivity contribution in [1.29, 1.82) is 0 Å². The molecule has 2 amide bonds. The number of halogens is 1. The molecule has 0 spiro atoms. The number of benzene rings is 1. The Labute approximate surface area is 169 Å². The summed E-state index contributed by atoms with van der Waals surface area (Å²) in [4.78, 5) is 28.9. The molecule has 6 nitrogen and oxygen atoms in total. The summed E-state index contributed by atoms with van der Waals surface area (Å²) in [6.45, 7) is 7.51. The van der Waals surface area contributed by atoms with Crippen LogP contribution in [0.15, 0.2) is 28.8 Å². The van der Waals surface area contributed by atoms with Gasteiger partial charge in [0.2, 0.25) is 11.8 Å². The zero-order chi connectivity index (χ0) is 20.1. The van der Waals surface area contributed by atoms with Crippen LogP contribution in [0.5, 0.6) is 0 Å². The van der Waals surface area contributed by atoms with Gasteiger partial charge in [-0.1, -0.05) is 16.8 Å². The minimum absolute atomic E-state index is 0.0294. The number of carbonyl (C=O) groups excluding carboxylic acids is 2. The highest BCUT2D eigenvalue weighted by Crippen LogP contribution is 2.33. The third-order valence-corrected chi connectivity index (χ3v) is 5.80. The molecule has 1 saturated heterocycles. The van der Waals surface area contributed by atoms with Gasteiger partial charge in [-0.2, -0.15) is 0 Å². The number of carbonyl (C=O) groups is 2. The number of hydrogen-bond acceptors (Lipinski definition) is 4. The summed E-state index contributed by atoms with van der Waals surface area (Å²) < 4.78 is 5.58. The predicted molar refractivity (Wildman–Crippen MR) is 106 cm³/mol. The van der Waals surface area contributed by atoms with Gasteiger partial charge in [-0.05, 0) is 51.5 Å². The van der Waals surface area contributed by atoms with Gasteiger partial charge in [0.1, 0.15) is 5.69 Å². The smallest absolute Gasteiger partial charge is 0.228 e. The molecule has 0 bridgehead atoms. The lowest BCUT2D eigenvalue weighted by molar-refractivity contribution is -0.136. The molecular formula is C21H24ClN3O3. The van der Waals surface area contributed by atoms with Crippen molar-refractivity contribution in [3.05, 3.63) is 40.5 Å². The molecule has 2 aliphatic rings. The summed E-state index contributed by atoms with van der Waals surface area (Å²) in [5, 5.41) is 4.88. The first-order valence-electron chi connectivity index (χ1n) is 9.56. The lowest BCUT2D eigenvalue weighted by Gasteiger charge is -2.33. The van der Waals surface area contributed by atoms with Crippen molar-refractivity contribution in [2.45, 2.75) is 45.7 Å². The van der Waals surface area contributed by atoms with E-state index in [1.165, 1.54) is 0 Å². The SMILES string of the molecule is CC(C)(C)N1CC(C(=O)N2CCc3c(noc3-c3ccc(Cl)cc3)C2)CC1=O. The average Bonchev–Trinajstić information content (AvgIpc) is 3.24. The second kappa shape index (κ2) is 6.92. The molecule has 2 aliphatic heterocycles. The van der Waals surface area contributed by atoms with Gasteiger partial charge in [-0.25, -0.2) is 0 Å². The molecule has 1 unspecified atom stereocenters.